The first-order chi connectivity index (χ1) is 20.8. The minimum atomic E-state index is -0.639. The molecule has 0 spiro atoms. The van der Waals surface area contributed by atoms with Crippen molar-refractivity contribution in [1.29, 1.82) is 0 Å². The van der Waals surface area contributed by atoms with Crippen molar-refractivity contribution in [3.8, 4) is 0 Å². The molecule has 4 unspecified atom stereocenters. The van der Waals surface area contributed by atoms with Gasteiger partial charge in [0.25, 0.3) is 0 Å². The van der Waals surface area contributed by atoms with Crippen LogP contribution in [0, 0.1) is 29.6 Å². The van der Waals surface area contributed by atoms with E-state index in [9.17, 15) is 9.59 Å². The second-order valence-electron chi connectivity index (χ2n) is 13.0. The summed E-state index contributed by atoms with van der Waals surface area (Å²) in [5.41, 5.74) is 1.89. The van der Waals surface area contributed by atoms with E-state index in [0.717, 1.165) is 50.2 Å². The molecule has 1 N–H and O–H groups in total. The molecular weight excluding hydrogens is 544 g/mol. The topological polar surface area (TPSA) is 91.3 Å². The summed E-state index contributed by atoms with van der Waals surface area (Å²) in [5.74, 6) is 1.50. The molecule has 1 saturated heterocycles. The maximum Gasteiger partial charge on any atom is 0.335 e. The van der Waals surface area contributed by atoms with Gasteiger partial charge < -0.3 is 24.1 Å². The molecule has 2 fully saturated rings. The largest absolute Gasteiger partial charge is 0.462 e. The van der Waals surface area contributed by atoms with E-state index in [-0.39, 0.29) is 31.0 Å². The van der Waals surface area contributed by atoms with E-state index in [1.807, 2.05) is 0 Å². The number of carbonyl (C=O) groups excluding carboxylic acids is 2. The van der Waals surface area contributed by atoms with Crippen LogP contribution in [0.5, 0.6) is 0 Å². The van der Waals surface area contributed by atoms with Crippen LogP contribution in [0.1, 0.15) is 97.3 Å². The third kappa shape index (κ3) is 12.7. The molecule has 0 bridgehead atoms. The molecule has 1 saturated carbocycles. The van der Waals surface area contributed by atoms with Gasteiger partial charge in [0.1, 0.15) is 0 Å². The molecule has 4 atom stereocenters. The Labute approximate surface area is 259 Å². The number of unbranched alkanes of at least 4 members (excludes halogenated alkanes) is 3. The monoisotopic (exact) mass is 600 g/mol. The van der Waals surface area contributed by atoms with Gasteiger partial charge in [-0.1, -0.05) is 63.1 Å². The van der Waals surface area contributed by atoms with E-state index >= 15 is 0 Å². The van der Waals surface area contributed by atoms with Crippen molar-refractivity contribution in [2.75, 3.05) is 33.0 Å². The summed E-state index contributed by atoms with van der Waals surface area (Å²) in [4.78, 5) is 23.7. The Hall–Kier alpha value is -2.22. The van der Waals surface area contributed by atoms with Crippen molar-refractivity contribution in [3.05, 3.63) is 48.1 Å². The number of fused-ring (bicyclic) bond motifs is 1. The van der Waals surface area contributed by atoms with E-state index < -0.39 is 18.5 Å². The maximum atomic E-state index is 11.9. The van der Waals surface area contributed by atoms with Crippen LogP contribution in [0.15, 0.2) is 48.1 Å². The number of aliphatic hydroxyl groups is 1. The van der Waals surface area contributed by atoms with E-state index in [4.69, 9.17) is 24.1 Å². The van der Waals surface area contributed by atoms with Gasteiger partial charge >= 0.3 is 11.9 Å². The average Bonchev–Trinajstić information content (AvgIpc) is 3.02. The molecule has 3 aliphatic rings. The summed E-state index contributed by atoms with van der Waals surface area (Å²) in [7, 11) is 0. The quantitative estimate of drug-likeness (QED) is 0.0948. The van der Waals surface area contributed by atoms with E-state index in [1.165, 1.54) is 57.8 Å². The van der Waals surface area contributed by atoms with Gasteiger partial charge in [-0.3, -0.25) is 0 Å². The van der Waals surface area contributed by atoms with Gasteiger partial charge in [-0.15, -0.1) is 0 Å². The molecule has 242 valence electrons. The molecular formula is C36H56O7. The highest BCUT2D eigenvalue weighted by molar-refractivity contribution is 5.88. The Morgan fingerprint density at radius 3 is 2.37 bits per heavy atom. The van der Waals surface area contributed by atoms with Crippen molar-refractivity contribution in [3.63, 3.8) is 0 Å². The van der Waals surface area contributed by atoms with Crippen LogP contribution in [0.25, 0.3) is 0 Å². The van der Waals surface area contributed by atoms with Crippen LogP contribution in [0.4, 0.5) is 0 Å². The SMILES string of the molecule is C=C(C)C(=O)OCC(CCCCC1OCC(CCC2CCC3C=C(CCCCC)C=CC3C2)CO1)COC(=O)C(=C)CO. The lowest BCUT2D eigenvalue weighted by Gasteiger charge is -2.36. The van der Waals surface area contributed by atoms with Crippen molar-refractivity contribution in [2.45, 2.75) is 104 Å². The van der Waals surface area contributed by atoms with Crippen LogP contribution in [-0.2, 0) is 28.5 Å². The zero-order valence-electron chi connectivity index (χ0n) is 26.7. The zero-order valence-corrected chi connectivity index (χ0v) is 26.7. The predicted molar refractivity (Wildman–Crippen MR) is 169 cm³/mol. The standard InChI is InChI=1S/C36H56O7/c1-5-6-7-10-28-15-17-33-20-29(16-18-32(33)19-28)13-14-31-22-40-34(41-23-31)12-9-8-11-30(24-42-35(38)26(2)3)25-43-36(39)27(4)21-37/h15,17,19,29-34,37H,2,4-14,16,18,20-25H2,1,3H3. The van der Waals surface area contributed by atoms with Crippen molar-refractivity contribution in [2.24, 2.45) is 29.6 Å². The van der Waals surface area contributed by atoms with Crippen LogP contribution >= 0.6 is 0 Å². The van der Waals surface area contributed by atoms with Crippen LogP contribution in [0.3, 0.4) is 0 Å². The lowest BCUT2D eigenvalue weighted by molar-refractivity contribution is -0.204. The second-order valence-corrected chi connectivity index (χ2v) is 13.0. The number of ether oxygens (including phenoxy) is 4. The minimum absolute atomic E-state index is 0.000332. The van der Waals surface area contributed by atoms with Gasteiger partial charge in [0.05, 0.1) is 38.6 Å². The lowest BCUT2D eigenvalue weighted by Crippen LogP contribution is -2.32. The number of carbonyl (C=O) groups is 2. The fraction of sp³-hybridized carbons (Fsp3) is 0.722. The van der Waals surface area contributed by atoms with E-state index in [0.29, 0.717) is 17.9 Å². The fourth-order valence-corrected chi connectivity index (χ4v) is 6.36. The van der Waals surface area contributed by atoms with Gasteiger partial charge in [0.2, 0.25) is 0 Å². The molecule has 1 heterocycles. The lowest BCUT2D eigenvalue weighted by atomic mass is 9.70. The van der Waals surface area contributed by atoms with Gasteiger partial charge in [-0.25, -0.2) is 9.59 Å². The zero-order chi connectivity index (χ0) is 31.0. The molecule has 3 rings (SSSR count). The summed E-state index contributed by atoms with van der Waals surface area (Å²) < 4.78 is 22.7. The van der Waals surface area contributed by atoms with E-state index in [2.05, 4.69) is 38.3 Å². The normalized spacial score (nSPS) is 25.7. The molecule has 2 aliphatic carbocycles. The Morgan fingerprint density at radius 2 is 1.67 bits per heavy atom. The molecule has 0 radical (unpaired) electrons. The van der Waals surface area contributed by atoms with Crippen LogP contribution in [-0.4, -0.2) is 56.4 Å². The van der Waals surface area contributed by atoms with Gasteiger partial charge in [-0.2, -0.15) is 0 Å². The van der Waals surface area contributed by atoms with Crippen molar-refractivity contribution < 1.29 is 33.6 Å². The molecule has 1 aliphatic heterocycles. The van der Waals surface area contributed by atoms with Crippen molar-refractivity contribution in [1.82, 2.24) is 0 Å². The Bertz CT molecular complexity index is 959. The number of esters is 2. The second kappa shape index (κ2) is 19.2. The maximum absolute atomic E-state index is 11.9. The molecule has 0 amide bonds. The number of aliphatic hydroxyl groups excluding tert-OH is 1. The molecule has 7 heteroatoms. The summed E-state index contributed by atoms with van der Waals surface area (Å²) in [6, 6.07) is 0. The smallest absolute Gasteiger partial charge is 0.335 e. The van der Waals surface area contributed by atoms with E-state index in [1.54, 1.807) is 12.5 Å². The first-order valence-corrected chi connectivity index (χ1v) is 16.7. The fourth-order valence-electron chi connectivity index (χ4n) is 6.36. The molecule has 7 nitrogen and oxygen atoms in total. The Morgan fingerprint density at radius 1 is 0.953 bits per heavy atom. The summed E-state index contributed by atoms with van der Waals surface area (Å²) in [6.07, 6.45) is 22.2. The first-order valence-electron chi connectivity index (χ1n) is 16.7. The number of allylic oxidation sites excluding steroid dienone is 4. The highest BCUT2D eigenvalue weighted by Crippen LogP contribution is 2.41. The van der Waals surface area contributed by atoms with Crippen LogP contribution in [0.2, 0.25) is 0 Å². The van der Waals surface area contributed by atoms with Gasteiger partial charge in [0, 0.05) is 17.4 Å². The third-order valence-corrected chi connectivity index (χ3v) is 9.17. The molecule has 43 heavy (non-hydrogen) atoms. The summed E-state index contributed by atoms with van der Waals surface area (Å²) in [5, 5.41) is 9.08. The van der Waals surface area contributed by atoms with Gasteiger partial charge in [0.15, 0.2) is 6.29 Å². The molecule has 0 aromatic carbocycles. The average molecular weight is 601 g/mol. The first kappa shape index (κ1) is 35.3. The van der Waals surface area contributed by atoms with Crippen LogP contribution < -0.4 is 0 Å². The summed E-state index contributed by atoms with van der Waals surface area (Å²) >= 11 is 0. The molecule has 0 aromatic rings. The highest BCUT2D eigenvalue weighted by atomic mass is 16.7. The number of rotatable bonds is 19. The Balaban J connectivity index is 1.29. The number of hydrogen-bond acceptors (Lipinski definition) is 7. The molecule has 0 aromatic heterocycles. The third-order valence-electron chi connectivity index (χ3n) is 9.17. The minimum Gasteiger partial charge on any atom is -0.462 e. The predicted octanol–water partition coefficient (Wildman–Crippen LogP) is 7.25. The van der Waals surface area contributed by atoms with Gasteiger partial charge in [-0.05, 0) is 88.9 Å². The Kier molecular flexibility index (Phi) is 15.8. The number of hydrogen-bond donors (Lipinski definition) is 1. The summed E-state index contributed by atoms with van der Waals surface area (Å²) in [6.45, 7) is 12.3. The highest BCUT2D eigenvalue weighted by Gasteiger charge is 2.30. The van der Waals surface area contributed by atoms with Crippen molar-refractivity contribution >= 4 is 11.9 Å².